The van der Waals surface area contributed by atoms with E-state index in [0.717, 1.165) is 21.0 Å². The lowest BCUT2D eigenvalue weighted by Crippen LogP contribution is -2.54. The van der Waals surface area contributed by atoms with Crippen LogP contribution in [-0.4, -0.2) is 34.7 Å². The van der Waals surface area contributed by atoms with Gasteiger partial charge in [-0.25, -0.2) is 9.91 Å². The number of hydrogen-bond donors (Lipinski definition) is 1. The first kappa shape index (κ1) is 22.0. The average molecular weight is 441 g/mol. The molecule has 1 N–H and O–H groups in total. The van der Waals surface area contributed by atoms with E-state index in [1.807, 2.05) is 19.9 Å². The first-order valence-electron chi connectivity index (χ1n) is 10.5. The van der Waals surface area contributed by atoms with Crippen LogP contribution < -0.4 is 10.3 Å². The maximum Gasteiger partial charge on any atom is 0.273 e. The minimum Gasteiger partial charge on any atom is -0.274 e. The van der Waals surface area contributed by atoms with Gasteiger partial charge in [0.05, 0.1) is 12.1 Å². The summed E-state index contributed by atoms with van der Waals surface area (Å²) >= 11 is 0. The summed E-state index contributed by atoms with van der Waals surface area (Å²) in [5, 5.41) is 0.980. The van der Waals surface area contributed by atoms with Gasteiger partial charge in [-0.3, -0.25) is 24.6 Å². The van der Waals surface area contributed by atoms with E-state index < -0.39 is 29.7 Å². The van der Waals surface area contributed by atoms with Gasteiger partial charge in [0.25, 0.3) is 17.7 Å². The van der Waals surface area contributed by atoms with Crippen molar-refractivity contribution in [2.24, 2.45) is 0 Å². The number of benzene rings is 3. The fraction of sp³-hybridized carbons (Fsp3) is 0.154. The number of carbonyl (C=O) groups is 4. The van der Waals surface area contributed by atoms with E-state index in [1.54, 1.807) is 72.8 Å². The van der Waals surface area contributed by atoms with Crippen LogP contribution in [0.5, 0.6) is 0 Å². The maximum absolute atomic E-state index is 13.4. The molecule has 166 valence electrons. The van der Waals surface area contributed by atoms with Gasteiger partial charge in [-0.1, -0.05) is 42.5 Å². The SMILES string of the molecule is Cc1cc(C)cc(N2C(=O)CC(N(NC(=O)c3ccccc3)C(=O)c3ccccc3)C2=O)c1. The Morgan fingerprint density at radius 3 is 1.97 bits per heavy atom. The standard InChI is InChI=1S/C26H23N3O4/c1-17-13-18(2)15-21(14-17)28-23(30)16-22(26(28)33)29(25(32)20-11-7-4-8-12-20)27-24(31)19-9-5-3-6-10-19/h3-15,22H,16H2,1-2H3,(H,27,31). The number of hydrogen-bond acceptors (Lipinski definition) is 4. The van der Waals surface area contributed by atoms with E-state index in [2.05, 4.69) is 5.43 Å². The minimum absolute atomic E-state index is 0.237. The number of aryl methyl sites for hydroxylation is 2. The summed E-state index contributed by atoms with van der Waals surface area (Å²) in [5.41, 5.74) is 5.44. The molecule has 33 heavy (non-hydrogen) atoms. The largest absolute Gasteiger partial charge is 0.274 e. The van der Waals surface area contributed by atoms with Crippen molar-refractivity contribution in [2.45, 2.75) is 26.3 Å². The van der Waals surface area contributed by atoms with Crippen molar-refractivity contribution >= 4 is 29.3 Å². The minimum atomic E-state index is -1.17. The molecule has 1 fully saturated rings. The number of rotatable bonds is 4. The molecule has 1 atom stereocenters. The maximum atomic E-state index is 13.4. The molecule has 3 aromatic rings. The molecule has 0 aromatic heterocycles. The van der Waals surface area contributed by atoms with E-state index in [0.29, 0.717) is 11.3 Å². The highest BCUT2D eigenvalue weighted by Crippen LogP contribution is 2.28. The van der Waals surface area contributed by atoms with E-state index in [4.69, 9.17) is 0 Å². The van der Waals surface area contributed by atoms with Gasteiger partial charge in [-0.15, -0.1) is 0 Å². The Kier molecular flexibility index (Phi) is 6.04. The summed E-state index contributed by atoms with van der Waals surface area (Å²) in [4.78, 5) is 53.6. The summed E-state index contributed by atoms with van der Waals surface area (Å²) in [6.07, 6.45) is -0.237. The van der Waals surface area contributed by atoms with Crippen LogP contribution >= 0.6 is 0 Å². The molecule has 1 unspecified atom stereocenters. The van der Waals surface area contributed by atoms with Gasteiger partial charge in [-0.2, -0.15) is 0 Å². The van der Waals surface area contributed by atoms with Gasteiger partial charge in [-0.05, 0) is 61.4 Å². The Balaban J connectivity index is 1.69. The van der Waals surface area contributed by atoms with Crippen LogP contribution in [0, 0.1) is 13.8 Å². The number of amides is 4. The number of nitrogens with zero attached hydrogens (tertiary/aromatic N) is 2. The molecule has 4 rings (SSSR count). The van der Waals surface area contributed by atoms with Crippen LogP contribution in [0.3, 0.4) is 0 Å². The fourth-order valence-electron chi connectivity index (χ4n) is 3.92. The third-order valence-electron chi connectivity index (χ3n) is 5.40. The molecule has 0 bridgehead atoms. The number of carbonyl (C=O) groups excluding carboxylic acids is 4. The third-order valence-corrected chi connectivity index (χ3v) is 5.40. The predicted molar refractivity (Wildman–Crippen MR) is 123 cm³/mol. The topological polar surface area (TPSA) is 86.8 Å². The smallest absolute Gasteiger partial charge is 0.273 e. The summed E-state index contributed by atoms with van der Waals surface area (Å²) in [7, 11) is 0. The first-order valence-corrected chi connectivity index (χ1v) is 10.5. The Bertz CT molecular complexity index is 1200. The zero-order valence-electron chi connectivity index (χ0n) is 18.3. The van der Waals surface area contributed by atoms with Gasteiger partial charge in [0.1, 0.15) is 6.04 Å². The summed E-state index contributed by atoms with van der Waals surface area (Å²) in [5.74, 6) is -2.13. The van der Waals surface area contributed by atoms with Crippen molar-refractivity contribution in [3.63, 3.8) is 0 Å². The highest BCUT2D eigenvalue weighted by Gasteiger charge is 2.45. The van der Waals surface area contributed by atoms with E-state index in [-0.39, 0.29) is 12.0 Å². The summed E-state index contributed by atoms with van der Waals surface area (Å²) < 4.78 is 0. The summed E-state index contributed by atoms with van der Waals surface area (Å²) in [6.45, 7) is 3.76. The fourth-order valence-corrected chi connectivity index (χ4v) is 3.92. The molecule has 4 amide bonds. The van der Waals surface area contributed by atoms with Crippen molar-refractivity contribution in [2.75, 3.05) is 4.90 Å². The van der Waals surface area contributed by atoms with Crippen molar-refractivity contribution in [1.82, 2.24) is 10.4 Å². The van der Waals surface area contributed by atoms with Gasteiger partial charge in [0, 0.05) is 11.1 Å². The molecule has 7 nitrogen and oxygen atoms in total. The van der Waals surface area contributed by atoms with E-state index >= 15 is 0 Å². The molecule has 0 radical (unpaired) electrons. The number of nitrogens with one attached hydrogen (secondary N) is 1. The molecular formula is C26H23N3O4. The van der Waals surface area contributed by atoms with Crippen molar-refractivity contribution in [3.8, 4) is 0 Å². The number of hydrazine groups is 1. The Hall–Kier alpha value is -4.26. The van der Waals surface area contributed by atoms with Crippen molar-refractivity contribution < 1.29 is 19.2 Å². The second-order valence-corrected chi connectivity index (χ2v) is 7.98. The second-order valence-electron chi connectivity index (χ2n) is 7.98. The molecule has 0 aliphatic carbocycles. The Morgan fingerprint density at radius 2 is 1.39 bits per heavy atom. The molecule has 1 aliphatic rings. The van der Waals surface area contributed by atoms with Crippen molar-refractivity contribution in [1.29, 1.82) is 0 Å². The summed E-state index contributed by atoms with van der Waals surface area (Å²) in [6, 6.07) is 21.0. The molecule has 0 spiro atoms. The Labute approximate surface area is 191 Å². The predicted octanol–water partition coefficient (Wildman–Crippen LogP) is 3.42. The van der Waals surface area contributed by atoms with Gasteiger partial charge >= 0.3 is 0 Å². The molecule has 1 aliphatic heterocycles. The molecular weight excluding hydrogens is 418 g/mol. The third kappa shape index (κ3) is 4.52. The number of imide groups is 1. The lowest BCUT2D eigenvalue weighted by molar-refractivity contribution is -0.122. The van der Waals surface area contributed by atoms with Crippen LogP contribution in [0.1, 0.15) is 38.3 Å². The molecule has 1 saturated heterocycles. The molecule has 0 saturated carbocycles. The van der Waals surface area contributed by atoms with Crippen LogP contribution in [-0.2, 0) is 9.59 Å². The second kappa shape index (κ2) is 9.08. The normalized spacial score (nSPS) is 15.5. The molecule has 1 heterocycles. The first-order chi connectivity index (χ1) is 15.8. The van der Waals surface area contributed by atoms with Crippen LogP contribution in [0.15, 0.2) is 78.9 Å². The molecule has 7 heteroatoms. The van der Waals surface area contributed by atoms with Crippen LogP contribution in [0.2, 0.25) is 0 Å². The quantitative estimate of drug-likeness (QED) is 0.497. The van der Waals surface area contributed by atoms with Gasteiger partial charge in [0.2, 0.25) is 5.91 Å². The zero-order valence-corrected chi connectivity index (χ0v) is 18.3. The van der Waals surface area contributed by atoms with Crippen LogP contribution in [0.4, 0.5) is 5.69 Å². The van der Waals surface area contributed by atoms with Crippen LogP contribution in [0.25, 0.3) is 0 Å². The van der Waals surface area contributed by atoms with Gasteiger partial charge in [0.15, 0.2) is 0 Å². The molecule has 3 aromatic carbocycles. The lowest BCUT2D eigenvalue weighted by atomic mass is 10.1. The average Bonchev–Trinajstić information content (AvgIpc) is 3.11. The van der Waals surface area contributed by atoms with Crippen molar-refractivity contribution in [3.05, 3.63) is 101 Å². The highest BCUT2D eigenvalue weighted by atomic mass is 16.2. The Morgan fingerprint density at radius 1 is 0.848 bits per heavy atom. The zero-order chi connectivity index (χ0) is 23.5. The van der Waals surface area contributed by atoms with E-state index in [9.17, 15) is 19.2 Å². The van der Waals surface area contributed by atoms with E-state index in [1.165, 1.54) is 0 Å². The highest BCUT2D eigenvalue weighted by molar-refractivity contribution is 6.23. The lowest BCUT2D eigenvalue weighted by Gasteiger charge is -2.28. The van der Waals surface area contributed by atoms with Gasteiger partial charge < -0.3 is 0 Å². The number of anilines is 1. The monoisotopic (exact) mass is 441 g/mol.